The molecule has 0 aliphatic carbocycles. The van der Waals surface area contributed by atoms with Gasteiger partial charge in [-0.25, -0.2) is 0 Å². The van der Waals surface area contributed by atoms with Crippen molar-refractivity contribution in [3.05, 3.63) is 65.2 Å². The van der Waals surface area contributed by atoms with Gasteiger partial charge in [0.2, 0.25) is 0 Å². The van der Waals surface area contributed by atoms with Gasteiger partial charge in [0.05, 0.1) is 6.10 Å². The second kappa shape index (κ2) is 7.84. The first-order valence-corrected chi connectivity index (χ1v) is 7.72. The van der Waals surface area contributed by atoms with Crippen LogP contribution < -0.4 is 10.1 Å². The van der Waals surface area contributed by atoms with E-state index in [4.69, 9.17) is 4.74 Å². The molecular weight excluding hydrogens is 258 g/mol. The van der Waals surface area contributed by atoms with E-state index in [1.807, 2.05) is 12.1 Å². The average molecular weight is 283 g/mol. The van der Waals surface area contributed by atoms with Crippen LogP contribution in [0, 0.1) is 0 Å². The van der Waals surface area contributed by atoms with Crippen LogP contribution >= 0.6 is 0 Å². The van der Waals surface area contributed by atoms with Crippen LogP contribution in [0.3, 0.4) is 0 Å². The number of hydrogen-bond donors (Lipinski definition) is 1. The fraction of sp³-hybridized carbons (Fsp3) is 0.368. The summed E-state index contributed by atoms with van der Waals surface area (Å²) in [7, 11) is 0. The summed E-state index contributed by atoms with van der Waals surface area (Å²) in [6.45, 7) is 8.02. The van der Waals surface area contributed by atoms with E-state index in [9.17, 15) is 0 Å². The van der Waals surface area contributed by atoms with Crippen LogP contribution in [0.1, 0.15) is 37.5 Å². The van der Waals surface area contributed by atoms with Crippen LogP contribution in [0.4, 0.5) is 0 Å². The van der Waals surface area contributed by atoms with Gasteiger partial charge in [-0.3, -0.25) is 0 Å². The lowest BCUT2D eigenvalue weighted by atomic mass is 10.1. The highest BCUT2D eigenvalue weighted by molar-refractivity contribution is 5.33. The van der Waals surface area contributed by atoms with Crippen LogP contribution in [-0.4, -0.2) is 6.10 Å². The predicted octanol–water partition coefficient (Wildman–Crippen LogP) is 4.33. The van der Waals surface area contributed by atoms with Gasteiger partial charge in [-0.2, -0.15) is 0 Å². The molecule has 0 atom stereocenters. The minimum absolute atomic E-state index is 0.201. The van der Waals surface area contributed by atoms with Crippen molar-refractivity contribution in [1.29, 1.82) is 0 Å². The Morgan fingerprint density at radius 1 is 0.857 bits per heavy atom. The highest BCUT2D eigenvalue weighted by Gasteiger charge is 2.05. The van der Waals surface area contributed by atoms with Crippen LogP contribution in [0.5, 0.6) is 5.75 Å². The number of ether oxygens (including phenoxy) is 1. The second-order valence-electron chi connectivity index (χ2n) is 5.50. The molecule has 2 aromatic carbocycles. The monoisotopic (exact) mass is 283 g/mol. The highest BCUT2D eigenvalue weighted by Crippen LogP contribution is 2.19. The van der Waals surface area contributed by atoms with E-state index in [0.29, 0.717) is 0 Å². The Labute approximate surface area is 128 Å². The van der Waals surface area contributed by atoms with Gasteiger partial charge in [-0.05, 0) is 37.5 Å². The zero-order chi connectivity index (χ0) is 15.1. The maximum atomic E-state index is 5.85. The molecule has 0 saturated heterocycles. The van der Waals surface area contributed by atoms with Crippen molar-refractivity contribution >= 4 is 0 Å². The lowest BCUT2D eigenvalue weighted by Crippen LogP contribution is -2.16. The summed E-state index contributed by atoms with van der Waals surface area (Å²) in [5.41, 5.74) is 4.00. The summed E-state index contributed by atoms with van der Waals surface area (Å²) < 4.78 is 5.85. The Kier molecular flexibility index (Phi) is 5.82. The lowest BCUT2D eigenvalue weighted by molar-refractivity contribution is 0.239. The molecule has 0 aliphatic rings. The van der Waals surface area contributed by atoms with Crippen molar-refractivity contribution in [2.45, 2.75) is 46.4 Å². The van der Waals surface area contributed by atoms with E-state index < -0.39 is 0 Å². The molecule has 2 nitrogen and oxygen atoms in total. The average Bonchev–Trinajstić information content (AvgIpc) is 2.49. The first-order valence-electron chi connectivity index (χ1n) is 7.72. The number of hydrogen-bond acceptors (Lipinski definition) is 2. The summed E-state index contributed by atoms with van der Waals surface area (Å²) in [5, 5.41) is 3.53. The molecule has 0 saturated carbocycles. The first kappa shape index (κ1) is 15.6. The number of aryl methyl sites for hydroxylation is 1. The summed E-state index contributed by atoms with van der Waals surface area (Å²) in [6, 6.07) is 16.8. The Balaban J connectivity index is 1.97. The molecule has 0 radical (unpaired) electrons. The second-order valence-corrected chi connectivity index (χ2v) is 5.50. The van der Waals surface area contributed by atoms with Gasteiger partial charge in [0.25, 0.3) is 0 Å². The third-order valence-corrected chi connectivity index (χ3v) is 3.47. The molecule has 0 aliphatic heterocycles. The van der Waals surface area contributed by atoms with Gasteiger partial charge in [0.1, 0.15) is 5.75 Å². The van der Waals surface area contributed by atoms with Crippen molar-refractivity contribution in [2.75, 3.05) is 0 Å². The van der Waals surface area contributed by atoms with Gasteiger partial charge in [-0.15, -0.1) is 0 Å². The Bertz CT molecular complexity index is 563. The molecule has 0 bridgehead atoms. The van der Waals surface area contributed by atoms with E-state index in [1.54, 1.807) is 0 Å². The van der Waals surface area contributed by atoms with E-state index in [2.05, 4.69) is 62.5 Å². The van der Waals surface area contributed by atoms with E-state index >= 15 is 0 Å². The van der Waals surface area contributed by atoms with Gasteiger partial charge in [0.15, 0.2) is 0 Å². The molecule has 0 fully saturated rings. The Hall–Kier alpha value is -1.80. The highest BCUT2D eigenvalue weighted by atomic mass is 16.5. The summed E-state index contributed by atoms with van der Waals surface area (Å²) in [4.78, 5) is 0. The topological polar surface area (TPSA) is 21.3 Å². The maximum absolute atomic E-state index is 5.85. The molecular formula is C19H25NO. The van der Waals surface area contributed by atoms with Gasteiger partial charge >= 0.3 is 0 Å². The van der Waals surface area contributed by atoms with E-state index in [1.165, 1.54) is 16.7 Å². The minimum Gasteiger partial charge on any atom is -0.491 e. The molecule has 1 N–H and O–H groups in total. The van der Waals surface area contributed by atoms with E-state index in [-0.39, 0.29) is 6.10 Å². The predicted molar refractivity (Wildman–Crippen MR) is 88.6 cm³/mol. The SMILES string of the molecule is CCc1ccccc1CNCc1ccccc1OC(C)C. The minimum atomic E-state index is 0.201. The zero-order valence-electron chi connectivity index (χ0n) is 13.2. The van der Waals surface area contributed by atoms with Crippen LogP contribution in [0.15, 0.2) is 48.5 Å². The molecule has 0 spiro atoms. The van der Waals surface area contributed by atoms with Crippen LogP contribution in [0.2, 0.25) is 0 Å². The van der Waals surface area contributed by atoms with Gasteiger partial charge in [-0.1, -0.05) is 49.4 Å². The van der Waals surface area contributed by atoms with Crippen molar-refractivity contribution < 1.29 is 4.74 Å². The van der Waals surface area contributed by atoms with Crippen molar-refractivity contribution in [3.63, 3.8) is 0 Å². The number of para-hydroxylation sites is 1. The molecule has 2 heteroatoms. The molecule has 0 amide bonds. The molecule has 2 rings (SSSR count). The quantitative estimate of drug-likeness (QED) is 0.817. The summed E-state index contributed by atoms with van der Waals surface area (Å²) >= 11 is 0. The zero-order valence-corrected chi connectivity index (χ0v) is 13.2. The standard InChI is InChI=1S/C19H25NO/c1-4-16-9-5-6-10-17(16)13-20-14-18-11-7-8-12-19(18)21-15(2)3/h5-12,15,20H,4,13-14H2,1-3H3. The third-order valence-electron chi connectivity index (χ3n) is 3.47. The normalized spacial score (nSPS) is 10.9. The molecule has 2 aromatic rings. The largest absolute Gasteiger partial charge is 0.491 e. The van der Waals surface area contributed by atoms with E-state index in [0.717, 1.165) is 25.3 Å². The van der Waals surface area contributed by atoms with Crippen molar-refractivity contribution in [2.24, 2.45) is 0 Å². The Morgan fingerprint density at radius 2 is 1.43 bits per heavy atom. The number of rotatable bonds is 7. The van der Waals surface area contributed by atoms with Crippen LogP contribution in [0.25, 0.3) is 0 Å². The molecule has 0 unspecified atom stereocenters. The fourth-order valence-electron chi connectivity index (χ4n) is 2.43. The summed E-state index contributed by atoms with van der Waals surface area (Å²) in [5.74, 6) is 0.976. The lowest BCUT2D eigenvalue weighted by Gasteiger charge is -2.15. The molecule has 112 valence electrons. The molecule has 0 aromatic heterocycles. The molecule has 0 heterocycles. The molecule has 21 heavy (non-hydrogen) atoms. The number of benzene rings is 2. The maximum Gasteiger partial charge on any atom is 0.124 e. The van der Waals surface area contributed by atoms with Crippen molar-refractivity contribution in [1.82, 2.24) is 5.32 Å². The Morgan fingerprint density at radius 3 is 2.10 bits per heavy atom. The van der Waals surface area contributed by atoms with Gasteiger partial charge < -0.3 is 10.1 Å². The van der Waals surface area contributed by atoms with Crippen molar-refractivity contribution in [3.8, 4) is 5.75 Å². The van der Waals surface area contributed by atoms with Crippen LogP contribution in [-0.2, 0) is 19.5 Å². The smallest absolute Gasteiger partial charge is 0.124 e. The summed E-state index contributed by atoms with van der Waals surface area (Å²) in [6.07, 6.45) is 1.28. The fourth-order valence-corrected chi connectivity index (χ4v) is 2.43. The number of nitrogens with one attached hydrogen (secondary N) is 1. The first-order chi connectivity index (χ1) is 10.2. The third kappa shape index (κ3) is 4.61. The van der Waals surface area contributed by atoms with Gasteiger partial charge in [0, 0.05) is 18.7 Å².